The molecule has 3 rings (SSSR count). The number of phenols is 1. The first-order valence-corrected chi connectivity index (χ1v) is 6.86. The van der Waals surface area contributed by atoms with E-state index in [0.717, 1.165) is 17.9 Å². The molecule has 2 aromatic carbocycles. The number of nitrogens with one attached hydrogen (secondary N) is 1. The average molecular weight is 269 g/mol. The van der Waals surface area contributed by atoms with E-state index in [1.165, 1.54) is 11.1 Å². The van der Waals surface area contributed by atoms with E-state index in [1.54, 1.807) is 12.1 Å². The number of para-hydroxylation sites is 1. The van der Waals surface area contributed by atoms with Crippen molar-refractivity contribution < 1.29 is 9.84 Å². The third kappa shape index (κ3) is 2.57. The third-order valence-corrected chi connectivity index (χ3v) is 3.52. The molecule has 0 fully saturated rings. The van der Waals surface area contributed by atoms with Crippen molar-refractivity contribution in [3.63, 3.8) is 0 Å². The fraction of sp³-hybridized carbons (Fsp3) is 0.294. The van der Waals surface area contributed by atoms with Crippen molar-refractivity contribution >= 4 is 5.69 Å². The van der Waals surface area contributed by atoms with Gasteiger partial charge in [-0.1, -0.05) is 18.2 Å². The van der Waals surface area contributed by atoms with Gasteiger partial charge in [0.15, 0.2) is 0 Å². The largest absolute Gasteiger partial charge is 0.508 e. The zero-order chi connectivity index (χ0) is 14.2. The summed E-state index contributed by atoms with van der Waals surface area (Å²) in [4.78, 5) is 0. The molecule has 1 aliphatic rings. The first kappa shape index (κ1) is 12.9. The molecule has 0 saturated heterocycles. The summed E-state index contributed by atoms with van der Waals surface area (Å²) in [6.07, 6.45) is 0.954. The molecule has 0 aliphatic carbocycles. The first-order chi connectivity index (χ1) is 9.53. The number of rotatable bonds is 3. The van der Waals surface area contributed by atoms with Gasteiger partial charge < -0.3 is 15.2 Å². The average Bonchev–Trinajstić information content (AvgIpc) is 2.72. The SMILES string of the molecule is CC1(C)Cc2cccc(CNc3ccc(O)cc3)c2O1. The second-order valence-electron chi connectivity index (χ2n) is 5.84. The number of fused-ring (bicyclic) bond motifs is 1. The molecule has 20 heavy (non-hydrogen) atoms. The topological polar surface area (TPSA) is 41.5 Å². The monoisotopic (exact) mass is 269 g/mol. The Balaban J connectivity index is 1.76. The van der Waals surface area contributed by atoms with Crippen molar-refractivity contribution in [2.45, 2.75) is 32.4 Å². The van der Waals surface area contributed by atoms with Crippen LogP contribution in [0.4, 0.5) is 5.69 Å². The summed E-state index contributed by atoms with van der Waals surface area (Å²) in [5.74, 6) is 1.30. The maximum absolute atomic E-state index is 9.28. The van der Waals surface area contributed by atoms with Gasteiger partial charge in [0.25, 0.3) is 0 Å². The van der Waals surface area contributed by atoms with Crippen molar-refractivity contribution in [2.75, 3.05) is 5.32 Å². The van der Waals surface area contributed by atoms with E-state index in [4.69, 9.17) is 4.74 Å². The van der Waals surface area contributed by atoms with Gasteiger partial charge in [-0.3, -0.25) is 0 Å². The van der Waals surface area contributed by atoms with Crippen LogP contribution in [0.15, 0.2) is 42.5 Å². The third-order valence-electron chi connectivity index (χ3n) is 3.52. The van der Waals surface area contributed by atoms with Crippen LogP contribution in [-0.4, -0.2) is 10.7 Å². The molecule has 1 heterocycles. The smallest absolute Gasteiger partial charge is 0.128 e. The summed E-state index contributed by atoms with van der Waals surface area (Å²) in [7, 11) is 0. The maximum atomic E-state index is 9.28. The van der Waals surface area contributed by atoms with Crippen LogP contribution in [0.25, 0.3) is 0 Å². The molecule has 3 heteroatoms. The minimum atomic E-state index is -0.114. The molecule has 0 saturated carbocycles. The number of aromatic hydroxyl groups is 1. The summed E-state index contributed by atoms with van der Waals surface area (Å²) in [5.41, 5.74) is 3.32. The first-order valence-electron chi connectivity index (χ1n) is 6.86. The maximum Gasteiger partial charge on any atom is 0.128 e. The van der Waals surface area contributed by atoms with Gasteiger partial charge in [0.2, 0.25) is 0 Å². The van der Waals surface area contributed by atoms with Gasteiger partial charge in [-0.05, 0) is 43.7 Å². The van der Waals surface area contributed by atoms with Crippen molar-refractivity contribution in [2.24, 2.45) is 0 Å². The van der Waals surface area contributed by atoms with Crippen LogP contribution in [-0.2, 0) is 13.0 Å². The number of hydrogen-bond acceptors (Lipinski definition) is 3. The molecular weight excluding hydrogens is 250 g/mol. The highest BCUT2D eigenvalue weighted by Gasteiger charge is 2.31. The molecule has 0 bridgehead atoms. The number of hydrogen-bond donors (Lipinski definition) is 2. The van der Waals surface area contributed by atoms with Gasteiger partial charge in [0, 0.05) is 24.2 Å². The van der Waals surface area contributed by atoms with Crippen LogP contribution < -0.4 is 10.1 Å². The van der Waals surface area contributed by atoms with E-state index in [9.17, 15) is 5.11 Å². The van der Waals surface area contributed by atoms with Crippen LogP contribution >= 0.6 is 0 Å². The number of phenolic OH excluding ortho intramolecular Hbond substituents is 1. The Morgan fingerprint density at radius 2 is 1.90 bits per heavy atom. The lowest BCUT2D eigenvalue weighted by atomic mass is 10.0. The number of ether oxygens (including phenoxy) is 1. The molecule has 0 aromatic heterocycles. The van der Waals surface area contributed by atoms with Crippen molar-refractivity contribution in [1.82, 2.24) is 0 Å². The second kappa shape index (κ2) is 4.75. The standard InChI is InChI=1S/C17H19NO2/c1-17(2)10-12-4-3-5-13(16(12)20-17)11-18-14-6-8-15(19)9-7-14/h3-9,18-19H,10-11H2,1-2H3. The van der Waals surface area contributed by atoms with Gasteiger partial charge >= 0.3 is 0 Å². The predicted octanol–water partition coefficient (Wildman–Crippen LogP) is 3.72. The molecule has 0 atom stereocenters. The molecule has 104 valence electrons. The van der Waals surface area contributed by atoms with E-state index in [2.05, 4.69) is 37.4 Å². The minimum absolute atomic E-state index is 0.114. The molecule has 0 spiro atoms. The second-order valence-corrected chi connectivity index (χ2v) is 5.84. The predicted molar refractivity (Wildman–Crippen MR) is 80.3 cm³/mol. The molecule has 0 radical (unpaired) electrons. The van der Waals surface area contributed by atoms with E-state index < -0.39 is 0 Å². The molecule has 2 aromatic rings. The van der Waals surface area contributed by atoms with E-state index in [-0.39, 0.29) is 11.4 Å². The summed E-state index contributed by atoms with van der Waals surface area (Å²) in [5, 5.41) is 12.6. The molecule has 0 unspecified atom stereocenters. The van der Waals surface area contributed by atoms with E-state index in [1.807, 2.05) is 12.1 Å². The highest BCUT2D eigenvalue weighted by atomic mass is 16.5. The lowest BCUT2D eigenvalue weighted by molar-refractivity contribution is 0.137. The highest BCUT2D eigenvalue weighted by molar-refractivity contribution is 5.50. The van der Waals surface area contributed by atoms with Gasteiger partial charge in [-0.15, -0.1) is 0 Å². The van der Waals surface area contributed by atoms with Crippen LogP contribution in [0, 0.1) is 0 Å². The van der Waals surface area contributed by atoms with E-state index >= 15 is 0 Å². The Labute approximate surface area is 119 Å². The zero-order valence-corrected chi connectivity index (χ0v) is 11.8. The van der Waals surface area contributed by atoms with Crippen molar-refractivity contribution in [3.05, 3.63) is 53.6 Å². The number of anilines is 1. The Kier molecular flexibility index (Phi) is 3.05. The van der Waals surface area contributed by atoms with E-state index in [0.29, 0.717) is 6.54 Å². The van der Waals surface area contributed by atoms with Crippen LogP contribution in [0.1, 0.15) is 25.0 Å². The number of benzene rings is 2. The molecule has 3 nitrogen and oxygen atoms in total. The van der Waals surface area contributed by atoms with Gasteiger partial charge in [-0.25, -0.2) is 0 Å². The Bertz CT molecular complexity index is 617. The normalized spacial score (nSPS) is 15.5. The molecule has 0 amide bonds. The molecule has 2 N–H and O–H groups in total. The lowest BCUT2D eigenvalue weighted by Crippen LogP contribution is -2.25. The summed E-state index contributed by atoms with van der Waals surface area (Å²) in [6.45, 7) is 4.94. The van der Waals surface area contributed by atoms with Crippen LogP contribution in [0.5, 0.6) is 11.5 Å². The van der Waals surface area contributed by atoms with Crippen molar-refractivity contribution in [3.8, 4) is 11.5 Å². The fourth-order valence-corrected chi connectivity index (χ4v) is 2.60. The minimum Gasteiger partial charge on any atom is -0.508 e. The molecule has 1 aliphatic heterocycles. The van der Waals surface area contributed by atoms with Gasteiger partial charge in [-0.2, -0.15) is 0 Å². The Morgan fingerprint density at radius 1 is 1.15 bits per heavy atom. The van der Waals surface area contributed by atoms with Crippen LogP contribution in [0.2, 0.25) is 0 Å². The summed E-state index contributed by atoms with van der Waals surface area (Å²) >= 11 is 0. The molecular formula is C17H19NO2. The Hall–Kier alpha value is -2.16. The van der Waals surface area contributed by atoms with Crippen LogP contribution in [0.3, 0.4) is 0 Å². The Morgan fingerprint density at radius 3 is 2.65 bits per heavy atom. The highest BCUT2D eigenvalue weighted by Crippen LogP contribution is 2.37. The summed E-state index contributed by atoms with van der Waals surface area (Å²) in [6, 6.07) is 13.4. The summed E-state index contributed by atoms with van der Waals surface area (Å²) < 4.78 is 6.05. The fourth-order valence-electron chi connectivity index (χ4n) is 2.60. The quantitative estimate of drug-likeness (QED) is 0.834. The lowest BCUT2D eigenvalue weighted by Gasteiger charge is -2.18. The zero-order valence-electron chi connectivity index (χ0n) is 11.8. The van der Waals surface area contributed by atoms with Gasteiger partial charge in [0.1, 0.15) is 17.1 Å². The van der Waals surface area contributed by atoms with Gasteiger partial charge in [0.05, 0.1) is 0 Å². The van der Waals surface area contributed by atoms with Crippen molar-refractivity contribution in [1.29, 1.82) is 0 Å².